The molecule has 3 rings (SSSR count). The van der Waals surface area contributed by atoms with Crippen molar-refractivity contribution in [2.45, 2.75) is 58.0 Å². The lowest BCUT2D eigenvalue weighted by molar-refractivity contribution is 0.0564. The molecule has 2 N–H and O–H groups in total. The second kappa shape index (κ2) is 9.93. The molecule has 1 saturated carbocycles. The van der Waals surface area contributed by atoms with Crippen molar-refractivity contribution in [2.75, 3.05) is 31.6 Å². The summed E-state index contributed by atoms with van der Waals surface area (Å²) in [4.78, 5) is 14.3. The van der Waals surface area contributed by atoms with E-state index in [1.54, 1.807) is 0 Å². The Morgan fingerprint density at radius 2 is 1.92 bits per heavy atom. The van der Waals surface area contributed by atoms with E-state index >= 15 is 0 Å². The topological polar surface area (TPSA) is 53.6 Å². The van der Waals surface area contributed by atoms with E-state index in [9.17, 15) is 4.79 Å². The average Bonchev–Trinajstić information content (AvgIpc) is 2.69. The van der Waals surface area contributed by atoms with Gasteiger partial charge in [0.15, 0.2) is 0 Å². The molecule has 144 valence electrons. The van der Waals surface area contributed by atoms with Crippen LogP contribution in [0.5, 0.6) is 0 Å². The molecule has 0 radical (unpaired) electrons. The molecule has 1 aliphatic carbocycles. The Hall–Kier alpha value is -1.59. The minimum absolute atomic E-state index is 0.0315. The quantitative estimate of drug-likeness (QED) is 0.807. The molecule has 2 fully saturated rings. The third-order valence-electron chi connectivity index (χ3n) is 5.61. The van der Waals surface area contributed by atoms with Crippen molar-refractivity contribution in [3.63, 3.8) is 0 Å². The van der Waals surface area contributed by atoms with Crippen LogP contribution < -0.4 is 10.6 Å². The number of benzene rings is 1. The number of nitrogens with one attached hydrogen (secondary N) is 2. The van der Waals surface area contributed by atoms with Crippen molar-refractivity contribution in [3.05, 3.63) is 29.8 Å². The van der Waals surface area contributed by atoms with Crippen molar-refractivity contribution in [3.8, 4) is 0 Å². The van der Waals surface area contributed by atoms with Crippen LogP contribution in [0, 0.1) is 5.92 Å². The summed E-state index contributed by atoms with van der Waals surface area (Å²) in [6, 6.07) is 8.56. The van der Waals surface area contributed by atoms with Gasteiger partial charge in [-0.25, -0.2) is 4.79 Å². The molecule has 1 heterocycles. The zero-order valence-corrected chi connectivity index (χ0v) is 16.0. The van der Waals surface area contributed by atoms with Gasteiger partial charge in [0.05, 0.1) is 13.2 Å². The van der Waals surface area contributed by atoms with Gasteiger partial charge in [-0.05, 0) is 30.9 Å². The molecule has 2 aliphatic rings. The molecule has 1 aromatic carbocycles. The number of hydrogen-bond acceptors (Lipinski definition) is 3. The maximum atomic E-state index is 12.5. The van der Waals surface area contributed by atoms with Crippen LogP contribution in [0.4, 0.5) is 10.5 Å². The fourth-order valence-electron chi connectivity index (χ4n) is 4.05. The van der Waals surface area contributed by atoms with Crippen molar-refractivity contribution in [2.24, 2.45) is 5.92 Å². The van der Waals surface area contributed by atoms with E-state index in [0.29, 0.717) is 32.3 Å². The predicted molar refractivity (Wildman–Crippen MR) is 105 cm³/mol. The smallest absolute Gasteiger partial charge is 0.322 e. The van der Waals surface area contributed by atoms with Crippen molar-refractivity contribution >= 4 is 11.7 Å². The Kier molecular flexibility index (Phi) is 7.32. The molecule has 0 bridgehead atoms. The fraction of sp³-hybridized carbons (Fsp3) is 0.667. The zero-order chi connectivity index (χ0) is 18.2. The standard InChI is InChI=1S/C21H33N3O2/c1-17(15-18-7-3-2-4-8-18)22-16-19-9-5-6-10-20(19)23-21(25)24-11-13-26-14-12-24/h5-6,9-10,17-18,22H,2-4,7-8,11-16H2,1H3,(H,23,25). The lowest BCUT2D eigenvalue weighted by Crippen LogP contribution is -2.43. The lowest BCUT2D eigenvalue weighted by Gasteiger charge is -2.27. The largest absolute Gasteiger partial charge is 0.378 e. The van der Waals surface area contributed by atoms with Gasteiger partial charge in [0.25, 0.3) is 0 Å². The molecule has 1 aromatic rings. The first-order valence-electron chi connectivity index (χ1n) is 10.2. The van der Waals surface area contributed by atoms with Crippen LogP contribution in [0.25, 0.3) is 0 Å². The highest BCUT2D eigenvalue weighted by molar-refractivity contribution is 5.90. The van der Waals surface area contributed by atoms with Gasteiger partial charge in [0.1, 0.15) is 0 Å². The summed E-state index contributed by atoms with van der Waals surface area (Å²) < 4.78 is 5.32. The van der Waals surface area contributed by atoms with E-state index in [4.69, 9.17) is 4.74 Å². The highest BCUT2D eigenvalue weighted by Crippen LogP contribution is 2.27. The molecule has 0 spiro atoms. The molecular weight excluding hydrogens is 326 g/mol. The van der Waals surface area contributed by atoms with E-state index in [-0.39, 0.29) is 6.03 Å². The number of amides is 2. The van der Waals surface area contributed by atoms with Gasteiger partial charge in [-0.1, -0.05) is 50.3 Å². The molecule has 1 aliphatic heterocycles. The number of nitrogens with zero attached hydrogens (tertiary/aromatic N) is 1. The highest BCUT2D eigenvalue weighted by atomic mass is 16.5. The molecule has 0 aromatic heterocycles. The summed E-state index contributed by atoms with van der Waals surface area (Å²) in [5.41, 5.74) is 2.05. The van der Waals surface area contributed by atoms with Gasteiger partial charge in [0.2, 0.25) is 0 Å². The Morgan fingerprint density at radius 3 is 2.69 bits per heavy atom. The SMILES string of the molecule is CC(CC1CCCCC1)NCc1ccccc1NC(=O)N1CCOCC1. The minimum Gasteiger partial charge on any atom is -0.378 e. The Labute approximate surface area is 157 Å². The summed E-state index contributed by atoms with van der Waals surface area (Å²) in [6.45, 7) is 5.62. The van der Waals surface area contributed by atoms with Gasteiger partial charge in [0, 0.05) is 31.4 Å². The highest BCUT2D eigenvalue weighted by Gasteiger charge is 2.19. The van der Waals surface area contributed by atoms with E-state index in [1.807, 2.05) is 23.1 Å². The number of anilines is 1. The number of ether oxygens (including phenoxy) is 1. The van der Waals surface area contributed by atoms with E-state index in [1.165, 1.54) is 38.5 Å². The second-order valence-corrected chi connectivity index (χ2v) is 7.71. The number of morpholine rings is 1. The fourth-order valence-corrected chi connectivity index (χ4v) is 4.05. The Bertz CT molecular complexity index is 566. The zero-order valence-electron chi connectivity index (χ0n) is 16.0. The van der Waals surface area contributed by atoms with Gasteiger partial charge in [-0.15, -0.1) is 0 Å². The monoisotopic (exact) mass is 359 g/mol. The molecule has 1 atom stereocenters. The number of hydrogen-bond donors (Lipinski definition) is 2. The van der Waals surface area contributed by atoms with Gasteiger partial charge in [-0.2, -0.15) is 0 Å². The third-order valence-corrected chi connectivity index (χ3v) is 5.61. The molecule has 5 nitrogen and oxygen atoms in total. The number of rotatable bonds is 6. The van der Waals surface area contributed by atoms with Gasteiger partial charge >= 0.3 is 6.03 Å². The summed E-state index contributed by atoms with van der Waals surface area (Å²) in [5.74, 6) is 0.877. The van der Waals surface area contributed by atoms with Crippen molar-refractivity contribution < 1.29 is 9.53 Å². The van der Waals surface area contributed by atoms with Crippen molar-refractivity contribution in [1.29, 1.82) is 0 Å². The van der Waals surface area contributed by atoms with E-state index in [0.717, 1.165) is 23.7 Å². The molecular formula is C21H33N3O2. The van der Waals surface area contributed by atoms with E-state index in [2.05, 4.69) is 23.6 Å². The summed E-state index contributed by atoms with van der Waals surface area (Å²) in [6.07, 6.45) is 8.23. The minimum atomic E-state index is -0.0315. The maximum absolute atomic E-state index is 12.5. The third kappa shape index (κ3) is 5.71. The lowest BCUT2D eigenvalue weighted by atomic mass is 9.85. The van der Waals surface area contributed by atoms with Crippen molar-refractivity contribution in [1.82, 2.24) is 10.2 Å². The number of carbonyl (C=O) groups is 1. The number of para-hydroxylation sites is 1. The Morgan fingerprint density at radius 1 is 1.19 bits per heavy atom. The van der Waals surface area contributed by atoms with Gasteiger partial charge in [-0.3, -0.25) is 0 Å². The van der Waals surface area contributed by atoms with Crippen LogP contribution in [-0.2, 0) is 11.3 Å². The van der Waals surface area contributed by atoms with Crippen LogP contribution in [0.15, 0.2) is 24.3 Å². The van der Waals surface area contributed by atoms with Crippen LogP contribution in [-0.4, -0.2) is 43.3 Å². The summed E-state index contributed by atoms with van der Waals surface area (Å²) in [5, 5.41) is 6.73. The molecule has 1 saturated heterocycles. The first-order valence-corrected chi connectivity index (χ1v) is 10.2. The van der Waals surface area contributed by atoms with Gasteiger partial charge < -0.3 is 20.3 Å². The van der Waals surface area contributed by atoms with E-state index < -0.39 is 0 Å². The van der Waals surface area contributed by atoms with Crippen LogP contribution in [0.3, 0.4) is 0 Å². The van der Waals surface area contributed by atoms with Crippen LogP contribution >= 0.6 is 0 Å². The normalized spacial score (nSPS) is 20.0. The number of urea groups is 1. The first-order chi connectivity index (χ1) is 12.7. The first kappa shape index (κ1) is 19.2. The molecule has 2 amide bonds. The maximum Gasteiger partial charge on any atom is 0.322 e. The summed E-state index contributed by atoms with van der Waals surface area (Å²) >= 11 is 0. The van der Waals surface area contributed by atoms with Crippen LogP contribution in [0.1, 0.15) is 51.0 Å². The molecule has 26 heavy (non-hydrogen) atoms. The molecule has 1 unspecified atom stereocenters. The number of carbonyl (C=O) groups excluding carboxylic acids is 1. The predicted octanol–water partition coefficient (Wildman–Crippen LogP) is 4.00. The average molecular weight is 360 g/mol. The summed E-state index contributed by atoms with van der Waals surface area (Å²) in [7, 11) is 0. The van der Waals surface area contributed by atoms with Crippen LogP contribution in [0.2, 0.25) is 0 Å². The second-order valence-electron chi connectivity index (χ2n) is 7.71. The molecule has 5 heteroatoms. The Balaban J connectivity index is 1.50.